The second-order valence-corrected chi connectivity index (χ2v) is 5.32. The molecule has 2 N–H and O–H groups in total. The fraction of sp³-hybridized carbons (Fsp3) is 0.500. The van der Waals surface area contributed by atoms with Crippen LogP contribution in [0, 0.1) is 12.8 Å². The molecule has 6 nitrogen and oxygen atoms in total. The maximum Gasteiger partial charge on any atom is 0.182 e. The van der Waals surface area contributed by atoms with E-state index in [-0.39, 0.29) is 0 Å². The van der Waals surface area contributed by atoms with Crippen molar-refractivity contribution in [3.8, 4) is 11.4 Å². The average molecular weight is 273 g/mol. The number of nitrogens with two attached hydrogens (primary N) is 1. The Balaban J connectivity index is 1.66. The van der Waals surface area contributed by atoms with Crippen LogP contribution in [-0.2, 0) is 11.3 Å². The Hall–Kier alpha value is -1.95. The minimum absolute atomic E-state index is 0.641. The number of nitrogens with zero attached hydrogens (tertiary/aromatic N) is 4. The van der Waals surface area contributed by atoms with Crippen LogP contribution in [0.15, 0.2) is 18.2 Å². The van der Waals surface area contributed by atoms with E-state index in [1.54, 1.807) is 4.68 Å². The third kappa shape index (κ3) is 2.96. The Labute approximate surface area is 117 Å². The molecule has 1 aromatic heterocycles. The van der Waals surface area contributed by atoms with Gasteiger partial charge in [-0.1, -0.05) is 0 Å². The molecule has 0 spiro atoms. The number of aromatic nitrogens is 4. The van der Waals surface area contributed by atoms with E-state index in [1.807, 2.05) is 25.1 Å². The van der Waals surface area contributed by atoms with Gasteiger partial charge in [0.05, 0.1) is 13.2 Å². The number of benzene rings is 1. The van der Waals surface area contributed by atoms with Crippen LogP contribution in [0.4, 0.5) is 5.69 Å². The van der Waals surface area contributed by atoms with Gasteiger partial charge >= 0.3 is 0 Å². The first-order valence-electron chi connectivity index (χ1n) is 6.94. The van der Waals surface area contributed by atoms with Crippen LogP contribution in [0.25, 0.3) is 11.4 Å². The zero-order valence-corrected chi connectivity index (χ0v) is 11.6. The standard InChI is InChI=1S/C14H19N5O/c1-10-8-12(4-5-13(10)15)14-16-17-18-19(14)6-7-20-9-11-2-3-11/h4-5,8,11H,2-3,6-7,9,15H2,1H3. The number of anilines is 1. The van der Waals surface area contributed by atoms with Crippen LogP contribution in [0.5, 0.6) is 0 Å². The van der Waals surface area contributed by atoms with Gasteiger partial charge in [0, 0.05) is 17.9 Å². The van der Waals surface area contributed by atoms with E-state index >= 15 is 0 Å². The minimum Gasteiger partial charge on any atom is -0.399 e. The number of rotatable bonds is 6. The van der Waals surface area contributed by atoms with Crippen molar-refractivity contribution >= 4 is 5.69 Å². The van der Waals surface area contributed by atoms with Crippen molar-refractivity contribution in [2.75, 3.05) is 18.9 Å². The summed E-state index contributed by atoms with van der Waals surface area (Å²) in [6, 6.07) is 5.82. The summed E-state index contributed by atoms with van der Waals surface area (Å²) in [7, 11) is 0. The monoisotopic (exact) mass is 273 g/mol. The zero-order valence-electron chi connectivity index (χ0n) is 11.6. The molecule has 0 amide bonds. The van der Waals surface area contributed by atoms with Crippen molar-refractivity contribution in [1.82, 2.24) is 20.2 Å². The molecule has 2 aromatic rings. The molecule has 106 valence electrons. The number of aryl methyl sites for hydroxylation is 1. The Morgan fingerprint density at radius 3 is 3.00 bits per heavy atom. The minimum atomic E-state index is 0.641. The smallest absolute Gasteiger partial charge is 0.182 e. The Kier molecular flexibility index (Phi) is 3.64. The molecule has 0 atom stereocenters. The SMILES string of the molecule is Cc1cc(-c2nnnn2CCOCC2CC2)ccc1N. The van der Waals surface area contributed by atoms with Crippen LogP contribution in [0.1, 0.15) is 18.4 Å². The van der Waals surface area contributed by atoms with Crippen molar-refractivity contribution < 1.29 is 4.74 Å². The lowest BCUT2D eigenvalue weighted by Gasteiger charge is -2.07. The van der Waals surface area contributed by atoms with E-state index in [1.165, 1.54) is 12.8 Å². The van der Waals surface area contributed by atoms with Crippen LogP contribution >= 0.6 is 0 Å². The number of ether oxygens (including phenoxy) is 1. The van der Waals surface area contributed by atoms with Crippen LogP contribution < -0.4 is 5.73 Å². The maximum absolute atomic E-state index is 5.83. The van der Waals surface area contributed by atoms with Gasteiger partial charge in [0.1, 0.15) is 0 Å². The van der Waals surface area contributed by atoms with Crippen molar-refractivity contribution in [3.05, 3.63) is 23.8 Å². The van der Waals surface area contributed by atoms with Crippen LogP contribution in [0.2, 0.25) is 0 Å². The molecule has 0 bridgehead atoms. The predicted octanol–water partition coefficient (Wildman–Crippen LogP) is 1.66. The molecule has 3 rings (SSSR count). The second-order valence-electron chi connectivity index (χ2n) is 5.32. The number of nitrogen functional groups attached to an aromatic ring is 1. The van der Waals surface area contributed by atoms with E-state index in [0.717, 1.165) is 35.2 Å². The summed E-state index contributed by atoms with van der Waals surface area (Å²) < 4.78 is 7.40. The van der Waals surface area contributed by atoms with Crippen molar-refractivity contribution in [2.45, 2.75) is 26.3 Å². The summed E-state index contributed by atoms with van der Waals surface area (Å²) in [5.41, 5.74) is 8.62. The molecule has 1 saturated carbocycles. The summed E-state index contributed by atoms with van der Waals surface area (Å²) in [4.78, 5) is 0. The highest BCUT2D eigenvalue weighted by molar-refractivity contribution is 5.61. The van der Waals surface area contributed by atoms with Gasteiger partial charge in [-0.2, -0.15) is 0 Å². The molecule has 1 aliphatic carbocycles. The van der Waals surface area contributed by atoms with Gasteiger partial charge in [-0.15, -0.1) is 5.10 Å². The van der Waals surface area contributed by atoms with E-state index in [4.69, 9.17) is 10.5 Å². The first-order chi connectivity index (χ1) is 9.74. The molecule has 1 fully saturated rings. The Morgan fingerprint density at radius 1 is 1.40 bits per heavy atom. The van der Waals surface area contributed by atoms with E-state index in [2.05, 4.69) is 15.5 Å². The molecule has 0 aliphatic heterocycles. The van der Waals surface area contributed by atoms with E-state index in [9.17, 15) is 0 Å². The van der Waals surface area contributed by atoms with Gasteiger partial charge in [0.2, 0.25) is 0 Å². The lowest BCUT2D eigenvalue weighted by atomic mass is 10.1. The maximum atomic E-state index is 5.83. The highest BCUT2D eigenvalue weighted by atomic mass is 16.5. The van der Waals surface area contributed by atoms with Gasteiger partial charge in [-0.3, -0.25) is 0 Å². The molecule has 0 saturated heterocycles. The van der Waals surface area contributed by atoms with Gasteiger partial charge < -0.3 is 10.5 Å². The second kappa shape index (κ2) is 5.58. The molecule has 1 aromatic carbocycles. The molecule has 1 heterocycles. The van der Waals surface area contributed by atoms with Gasteiger partial charge in [-0.25, -0.2) is 4.68 Å². The molecule has 0 radical (unpaired) electrons. The number of tetrazole rings is 1. The average Bonchev–Trinajstić information content (AvgIpc) is 3.15. The first kappa shape index (κ1) is 13.1. The van der Waals surface area contributed by atoms with E-state index < -0.39 is 0 Å². The summed E-state index contributed by atoms with van der Waals surface area (Å²) >= 11 is 0. The normalized spacial score (nSPS) is 14.7. The first-order valence-corrected chi connectivity index (χ1v) is 6.94. The van der Waals surface area contributed by atoms with Crippen molar-refractivity contribution in [1.29, 1.82) is 0 Å². The molecule has 20 heavy (non-hydrogen) atoms. The Morgan fingerprint density at radius 2 is 2.25 bits per heavy atom. The molecular weight excluding hydrogens is 254 g/mol. The zero-order chi connectivity index (χ0) is 13.9. The molecule has 0 unspecified atom stereocenters. The third-order valence-corrected chi connectivity index (χ3v) is 3.56. The van der Waals surface area contributed by atoms with Crippen LogP contribution in [0.3, 0.4) is 0 Å². The third-order valence-electron chi connectivity index (χ3n) is 3.56. The van der Waals surface area contributed by atoms with Crippen molar-refractivity contribution in [3.63, 3.8) is 0 Å². The summed E-state index contributed by atoms with van der Waals surface area (Å²) in [5, 5.41) is 11.9. The lowest BCUT2D eigenvalue weighted by molar-refractivity contribution is 0.114. The molecule has 6 heteroatoms. The highest BCUT2D eigenvalue weighted by Crippen LogP contribution is 2.28. The Bertz CT molecular complexity index is 591. The van der Waals surface area contributed by atoms with Gasteiger partial charge in [0.25, 0.3) is 0 Å². The number of hydrogen-bond donors (Lipinski definition) is 1. The van der Waals surface area contributed by atoms with Crippen molar-refractivity contribution in [2.24, 2.45) is 5.92 Å². The van der Waals surface area contributed by atoms with E-state index in [0.29, 0.717) is 13.2 Å². The quantitative estimate of drug-likeness (QED) is 0.639. The highest BCUT2D eigenvalue weighted by Gasteiger charge is 2.21. The predicted molar refractivity (Wildman–Crippen MR) is 75.9 cm³/mol. The summed E-state index contributed by atoms with van der Waals surface area (Å²) in [6.07, 6.45) is 2.61. The fourth-order valence-electron chi connectivity index (χ4n) is 2.06. The topological polar surface area (TPSA) is 78.8 Å². The van der Waals surface area contributed by atoms with Gasteiger partial charge in [-0.05, 0) is 59.9 Å². The molecular formula is C14H19N5O. The summed E-state index contributed by atoms with van der Waals surface area (Å²) in [5.74, 6) is 1.53. The molecule has 1 aliphatic rings. The van der Waals surface area contributed by atoms with Gasteiger partial charge in [0.15, 0.2) is 5.82 Å². The largest absolute Gasteiger partial charge is 0.399 e. The fourth-order valence-corrected chi connectivity index (χ4v) is 2.06. The van der Waals surface area contributed by atoms with Crippen LogP contribution in [-0.4, -0.2) is 33.4 Å². The summed E-state index contributed by atoms with van der Waals surface area (Å²) in [6.45, 7) is 4.14. The lowest BCUT2D eigenvalue weighted by Crippen LogP contribution is -2.10. The number of hydrogen-bond acceptors (Lipinski definition) is 5.